The predicted molar refractivity (Wildman–Crippen MR) is 76.4 cm³/mol. The molecule has 1 aliphatic heterocycles. The predicted octanol–water partition coefficient (Wildman–Crippen LogP) is -1.20. The van der Waals surface area contributed by atoms with E-state index in [4.69, 9.17) is 9.26 Å². The van der Waals surface area contributed by atoms with E-state index in [9.17, 15) is 19.9 Å². The largest absolute Gasteiger partial charge is 0.858 e. The van der Waals surface area contributed by atoms with Crippen LogP contribution in [0.5, 0.6) is 5.88 Å². The third kappa shape index (κ3) is 4.32. The highest BCUT2D eigenvalue weighted by molar-refractivity contribution is 8.75. The molecule has 0 aromatic carbocycles. The lowest BCUT2D eigenvalue weighted by Crippen LogP contribution is -2.29. The summed E-state index contributed by atoms with van der Waals surface area (Å²) >= 11 is 8.10. The average molecular weight is 352 g/mol. The normalized spacial score (nSPS) is 28.5. The van der Waals surface area contributed by atoms with Gasteiger partial charge in [-0.15, -0.1) is 0 Å². The zero-order valence-corrected chi connectivity index (χ0v) is 13.5. The summed E-state index contributed by atoms with van der Waals surface area (Å²) in [7, 11) is 0. The van der Waals surface area contributed by atoms with Crippen LogP contribution in [0, 0.1) is 6.92 Å². The van der Waals surface area contributed by atoms with E-state index in [0.717, 1.165) is 4.57 Å². The van der Waals surface area contributed by atoms with Crippen LogP contribution in [0.1, 0.15) is 18.2 Å². The lowest BCUT2D eigenvalue weighted by atomic mass is 10.2. The van der Waals surface area contributed by atoms with Crippen LogP contribution in [0.3, 0.4) is 0 Å². The highest BCUT2D eigenvalue weighted by atomic mass is 33.1. The first-order valence-electron chi connectivity index (χ1n) is 5.96. The zero-order chi connectivity index (χ0) is 15.8. The van der Waals surface area contributed by atoms with Gasteiger partial charge in [0.25, 0.3) is 0 Å². The second kappa shape index (κ2) is 6.41. The minimum atomic E-state index is -3.40. The summed E-state index contributed by atoms with van der Waals surface area (Å²) in [6.45, 7) is 1.31. The standard InChI is InChI=1S/C10H15N2O6PS2/c1-5-3-12(10(15)11-9(5)14)8-2-6(13)7(18-8)4-17-19(16,20)21/h3,6-8,13H,2,4H2,1H3,(H,11,14,15)(H2,16,20,21)/p-2/t6-,7+,8+/m0/s1. The molecule has 1 aliphatic rings. The molecule has 4 atom stereocenters. The third-order valence-electron chi connectivity index (χ3n) is 3.00. The smallest absolute Gasteiger partial charge is 0.349 e. The van der Waals surface area contributed by atoms with Gasteiger partial charge in [0.15, 0.2) is 0 Å². The van der Waals surface area contributed by atoms with Gasteiger partial charge >= 0.3 is 5.69 Å². The topological polar surface area (TPSA) is 120 Å². The van der Waals surface area contributed by atoms with Crippen LogP contribution in [0.25, 0.3) is 0 Å². The van der Waals surface area contributed by atoms with Crippen LogP contribution >= 0.6 is 18.4 Å². The van der Waals surface area contributed by atoms with Crippen LogP contribution in [0.2, 0.25) is 0 Å². The number of nitrogens with zero attached hydrogens (tertiary/aromatic N) is 2. The summed E-state index contributed by atoms with van der Waals surface area (Å²) in [4.78, 5) is 26.2. The van der Waals surface area contributed by atoms with Crippen molar-refractivity contribution >= 4 is 30.6 Å². The van der Waals surface area contributed by atoms with Crippen LogP contribution in [0.4, 0.5) is 0 Å². The highest BCUT2D eigenvalue weighted by Crippen LogP contribution is 2.53. The van der Waals surface area contributed by atoms with E-state index in [1.807, 2.05) is 0 Å². The van der Waals surface area contributed by atoms with Crippen molar-refractivity contribution in [2.75, 3.05) is 6.61 Å². The molecule has 11 heteroatoms. The number of aliphatic hydroxyl groups is 1. The van der Waals surface area contributed by atoms with Crippen molar-refractivity contribution in [1.82, 2.24) is 9.55 Å². The Bertz CT molecular complexity index is 578. The van der Waals surface area contributed by atoms with Gasteiger partial charge in [-0.05, 0) is 18.4 Å². The summed E-state index contributed by atoms with van der Waals surface area (Å²) in [6, 6.07) is 0. The van der Waals surface area contributed by atoms with Crippen molar-refractivity contribution in [2.45, 2.75) is 31.8 Å². The lowest BCUT2D eigenvalue weighted by Gasteiger charge is -2.29. The van der Waals surface area contributed by atoms with E-state index < -0.39 is 36.1 Å². The van der Waals surface area contributed by atoms with Crippen molar-refractivity contribution < 1.29 is 24.4 Å². The summed E-state index contributed by atoms with van der Waals surface area (Å²) in [6.07, 6.45) is -4.46. The van der Waals surface area contributed by atoms with Gasteiger partial charge in [-0.2, -0.15) is 0 Å². The van der Waals surface area contributed by atoms with Gasteiger partial charge in [0.1, 0.15) is 18.9 Å². The Kier molecular flexibility index (Phi) is 5.19. The molecule has 8 nitrogen and oxygen atoms in total. The number of ether oxygens (including phenoxy) is 1. The van der Waals surface area contributed by atoms with Gasteiger partial charge in [0.05, 0.1) is 6.10 Å². The Morgan fingerprint density at radius 1 is 1.76 bits per heavy atom. The van der Waals surface area contributed by atoms with Crippen LogP contribution in [0.15, 0.2) is 11.0 Å². The maximum atomic E-state index is 11.7. The van der Waals surface area contributed by atoms with E-state index >= 15 is 0 Å². The molecule has 1 N–H and O–H groups in total. The van der Waals surface area contributed by atoms with Crippen molar-refractivity contribution in [3.63, 3.8) is 0 Å². The quantitative estimate of drug-likeness (QED) is 0.394. The maximum Gasteiger partial charge on any atom is 0.349 e. The van der Waals surface area contributed by atoms with E-state index in [0.29, 0.717) is 0 Å². The molecular weight excluding hydrogens is 339 g/mol. The number of rotatable bonds is 4. The van der Waals surface area contributed by atoms with E-state index in [1.54, 1.807) is 0 Å². The van der Waals surface area contributed by atoms with Gasteiger partial charge in [-0.1, -0.05) is 0 Å². The fourth-order valence-corrected chi connectivity index (χ4v) is 2.68. The number of hydrogen-bond donors (Lipinski definition) is 2. The maximum absolute atomic E-state index is 11.7. The van der Waals surface area contributed by atoms with E-state index in [1.165, 1.54) is 13.1 Å². The molecular formula is C10H13N2O6PS2-2. The molecule has 2 heterocycles. The molecule has 1 fully saturated rings. The van der Waals surface area contributed by atoms with E-state index in [-0.39, 0.29) is 18.6 Å². The Morgan fingerprint density at radius 3 is 3.05 bits per heavy atom. The molecule has 1 aromatic heterocycles. The molecule has 118 valence electrons. The van der Waals surface area contributed by atoms with Crippen LogP contribution in [-0.2, 0) is 21.5 Å². The van der Waals surface area contributed by atoms with Gasteiger partial charge in [0, 0.05) is 31.0 Å². The van der Waals surface area contributed by atoms with Crippen molar-refractivity contribution in [3.8, 4) is 5.88 Å². The molecule has 1 unspecified atom stereocenters. The number of aromatic nitrogens is 2. The third-order valence-corrected chi connectivity index (χ3v) is 4.14. The number of thiol groups is 1. The minimum Gasteiger partial charge on any atom is -0.858 e. The van der Waals surface area contributed by atoms with Gasteiger partial charge in [-0.3, -0.25) is 9.09 Å². The molecule has 1 saturated heterocycles. The Hall–Kier alpha value is -0.350. The molecule has 0 amide bonds. The first-order valence-corrected chi connectivity index (χ1v) is 9.75. The SMILES string of the molecule is Cc1cn([C@H]2C[C@H](O)[C@@H](CO[P+]([O-])([S-])S)O2)c(=O)nc1[O-]. The summed E-state index contributed by atoms with van der Waals surface area (Å²) < 4.78 is 11.4. The second-order valence-electron chi connectivity index (χ2n) is 4.62. The van der Waals surface area contributed by atoms with Crippen LogP contribution < -0.4 is 15.7 Å². The van der Waals surface area contributed by atoms with Gasteiger partial charge in [-0.25, -0.2) is 9.78 Å². The van der Waals surface area contributed by atoms with E-state index in [2.05, 4.69) is 29.5 Å². The molecule has 0 radical (unpaired) electrons. The zero-order valence-electron chi connectivity index (χ0n) is 10.9. The van der Waals surface area contributed by atoms with Crippen molar-refractivity contribution in [2.24, 2.45) is 0 Å². The Balaban J connectivity index is 2.11. The fourth-order valence-electron chi connectivity index (χ4n) is 1.96. The summed E-state index contributed by atoms with van der Waals surface area (Å²) in [5.74, 6) is -0.600. The molecule has 0 aliphatic carbocycles. The molecule has 0 spiro atoms. The lowest BCUT2D eigenvalue weighted by molar-refractivity contribution is -0.276. The van der Waals surface area contributed by atoms with Gasteiger partial charge in [0.2, 0.25) is 0 Å². The first kappa shape index (κ1) is 17.0. The van der Waals surface area contributed by atoms with Crippen molar-refractivity contribution in [3.05, 3.63) is 22.2 Å². The number of aryl methyl sites for hydroxylation is 1. The fraction of sp³-hybridized carbons (Fsp3) is 0.600. The van der Waals surface area contributed by atoms with Gasteiger partial charge < -0.3 is 32.1 Å². The molecule has 21 heavy (non-hydrogen) atoms. The molecule has 0 bridgehead atoms. The second-order valence-corrected chi connectivity index (χ2v) is 9.64. The number of aliphatic hydroxyl groups excluding tert-OH is 1. The summed E-state index contributed by atoms with van der Waals surface area (Å²) in [5, 5.41) is 21.1. The minimum absolute atomic E-state index is 0.113. The van der Waals surface area contributed by atoms with Crippen molar-refractivity contribution in [1.29, 1.82) is 0 Å². The molecule has 1 aromatic rings. The Labute approximate surface area is 131 Å². The van der Waals surface area contributed by atoms with Crippen LogP contribution in [-0.4, -0.2) is 33.5 Å². The monoisotopic (exact) mass is 352 g/mol. The Morgan fingerprint density at radius 2 is 2.43 bits per heavy atom. The average Bonchev–Trinajstić information content (AvgIpc) is 2.72. The molecule has 2 rings (SSSR count). The first-order chi connectivity index (χ1) is 9.67. The highest BCUT2D eigenvalue weighted by Gasteiger charge is 2.36. The number of hydrogen-bond acceptors (Lipinski definition) is 9. The summed E-state index contributed by atoms with van der Waals surface area (Å²) in [5.41, 5.74) is -0.467. The molecule has 0 saturated carbocycles.